The molecule has 2 atom stereocenters. The van der Waals surface area contributed by atoms with Crippen molar-refractivity contribution in [2.75, 3.05) is 11.9 Å². The van der Waals surface area contributed by atoms with Gasteiger partial charge in [0.25, 0.3) is 5.91 Å². The minimum absolute atomic E-state index is 0.302. The lowest BCUT2D eigenvalue weighted by atomic mass is 10.0. The van der Waals surface area contributed by atoms with Crippen LogP contribution in [0.3, 0.4) is 0 Å². The minimum Gasteiger partial charge on any atom is -0.444 e. The molecule has 2 N–H and O–H groups in total. The number of carbonyl (C=O) groups excluding carboxylic acids is 3. The van der Waals surface area contributed by atoms with Crippen molar-refractivity contribution in [1.82, 2.24) is 10.2 Å². The van der Waals surface area contributed by atoms with Gasteiger partial charge in [-0.05, 0) is 58.2 Å². The van der Waals surface area contributed by atoms with Gasteiger partial charge in [-0.25, -0.2) is 4.79 Å². The van der Waals surface area contributed by atoms with Crippen LogP contribution in [0.2, 0.25) is 0 Å². The van der Waals surface area contributed by atoms with E-state index in [1.165, 1.54) is 0 Å². The number of rotatable bonds is 11. The van der Waals surface area contributed by atoms with Crippen LogP contribution in [-0.2, 0) is 14.3 Å². The minimum atomic E-state index is -0.872. The number of nitrogens with zero attached hydrogens (tertiary/aromatic N) is 1. The standard InChI is InChI=1S/C29H41N3O4/c1-7-8-9-15-20-32(27(34)22(3)30-28(35)36-29(4,5)6)25(23-17-11-10-12-18-23)26(33)31-24-19-14-13-16-21(24)2/h10-14,16-19,22,25H,7-9,15,20H2,1-6H3,(H,30,35)(H,31,33). The Kier molecular flexibility index (Phi) is 11.0. The largest absolute Gasteiger partial charge is 0.444 e. The van der Waals surface area contributed by atoms with Crippen molar-refractivity contribution in [3.63, 3.8) is 0 Å². The molecule has 2 aromatic carbocycles. The number of carbonyl (C=O) groups is 3. The highest BCUT2D eigenvalue weighted by atomic mass is 16.6. The van der Waals surface area contributed by atoms with E-state index < -0.39 is 23.8 Å². The van der Waals surface area contributed by atoms with Crippen LogP contribution >= 0.6 is 0 Å². The van der Waals surface area contributed by atoms with E-state index in [0.717, 1.165) is 31.2 Å². The molecule has 7 nitrogen and oxygen atoms in total. The van der Waals surface area contributed by atoms with E-state index in [-0.39, 0.29) is 11.8 Å². The second-order valence-electron chi connectivity index (χ2n) is 10.1. The Labute approximate surface area is 215 Å². The van der Waals surface area contributed by atoms with Gasteiger partial charge in [0.15, 0.2) is 0 Å². The molecule has 2 unspecified atom stereocenters. The summed E-state index contributed by atoms with van der Waals surface area (Å²) >= 11 is 0. The number of aryl methyl sites for hydroxylation is 1. The Morgan fingerprint density at radius 3 is 2.19 bits per heavy atom. The molecule has 0 fully saturated rings. The normalized spacial score (nSPS) is 12.8. The average molecular weight is 496 g/mol. The van der Waals surface area contributed by atoms with Crippen LogP contribution in [0.4, 0.5) is 10.5 Å². The third-order valence-electron chi connectivity index (χ3n) is 5.72. The summed E-state index contributed by atoms with van der Waals surface area (Å²) in [5, 5.41) is 5.65. The molecule has 0 aliphatic carbocycles. The Balaban J connectivity index is 2.38. The summed E-state index contributed by atoms with van der Waals surface area (Å²) in [7, 11) is 0. The molecule has 0 radical (unpaired) electrons. The molecule has 0 heterocycles. The van der Waals surface area contributed by atoms with E-state index >= 15 is 0 Å². The van der Waals surface area contributed by atoms with Crippen molar-refractivity contribution in [1.29, 1.82) is 0 Å². The van der Waals surface area contributed by atoms with Crippen LogP contribution < -0.4 is 10.6 Å². The van der Waals surface area contributed by atoms with Gasteiger partial charge >= 0.3 is 6.09 Å². The summed E-state index contributed by atoms with van der Waals surface area (Å²) in [6, 6.07) is 15.1. The van der Waals surface area contributed by atoms with Crippen LogP contribution in [0.15, 0.2) is 54.6 Å². The average Bonchev–Trinajstić information content (AvgIpc) is 2.81. The lowest BCUT2D eigenvalue weighted by Crippen LogP contribution is -2.51. The Morgan fingerprint density at radius 1 is 0.944 bits per heavy atom. The van der Waals surface area contributed by atoms with Gasteiger partial charge in [0.1, 0.15) is 17.7 Å². The van der Waals surface area contributed by atoms with E-state index in [2.05, 4.69) is 17.6 Å². The Hall–Kier alpha value is -3.35. The van der Waals surface area contributed by atoms with Gasteiger partial charge in [-0.1, -0.05) is 74.7 Å². The van der Waals surface area contributed by atoms with Crippen LogP contribution in [0.1, 0.15) is 77.5 Å². The van der Waals surface area contributed by atoms with E-state index in [9.17, 15) is 14.4 Å². The van der Waals surface area contributed by atoms with E-state index in [1.807, 2.05) is 61.5 Å². The van der Waals surface area contributed by atoms with Crippen molar-refractivity contribution in [3.05, 3.63) is 65.7 Å². The number of alkyl carbamates (subject to hydrolysis) is 1. The van der Waals surface area contributed by atoms with Crippen molar-refractivity contribution in [2.45, 2.75) is 84.9 Å². The number of nitrogens with one attached hydrogen (secondary N) is 2. The van der Waals surface area contributed by atoms with Gasteiger partial charge in [0.2, 0.25) is 5.91 Å². The SMILES string of the molecule is CCCCCCN(C(=O)C(C)NC(=O)OC(C)(C)C)C(C(=O)Nc1ccccc1C)c1ccccc1. The van der Waals surface area contributed by atoms with Gasteiger partial charge in [0, 0.05) is 12.2 Å². The highest BCUT2D eigenvalue weighted by molar-refractivity contribution is 5.99. The highest BCUT2D eigenvalue weighted by Crippen LogP contribution is 2.26. The van der Waals surface area contributed by atoms with Gasteiger partial charge in [-0.3, -0.25) is 9.59 Å². The zero-order valence-electron chi connectivity index (χ0n) is 22.5. The molecule has 3 amide bonds. The number of anilines is 1. The van der Waals surface area contributed by atoms with Crippen LogP contribution in [0, 0.1) is 6.92 Å². The fourth-order valence-electron chi connectivity index (χ4n) is 3.89. The van der Waals surface area contributed by atoms with E-state index in [4.69, 9.17) is 4.74 Å². The maximum atomic E-state index is 13.7. The first-order valence-electron chi connectivity index (χ1n) is 12.7. The summed E-state index contributed by atoms with van der Waals surface area (Å²) in [6.07, 6.45) is 3.11. The second-order valence-corrected chi connectivity index (χ2v) is 10.1. The Morgan fingerprint density at radius 2 is 1.58 bits per heavy atom. The third-order valence-corrected chi connectivity index (χ3v) is 5.72. The van der Waals surface area contributed by atoms with Crippen molar-refractivity contribution < 1.29 is 19.1 Å². The summed E-state index contributed by atoms with van der Waals surface area (Å²) in [5.74, 6) is -0.644. The first kappa shape index (κ1) is 28.9. The number of hydrogen-bond acceptors (Lipinski definition) is 4. The lowest BCUT2D eigenvalue weighted by molar-refractivity contribution is -0.140. The molecule has 0 saturated carbocycles. The number of benzene rings is 2. The number of amides is 3. The van der Waals surface area contributed by atoms with Gasteiger partial charge in [-0.2, -0.15) is 0 Å². The molecular formula is C29H41N3O4. The zero-order chi connectivity index (χ0) is 26.7. The summed E-state index contributed by atoms with van der Waals surface area (Å²) in [6.45, 7) is 11.3. The first-order valence-corrected chi connectivity index (χ1v) is 12.7. The molecule has 36 heavy (non-hydrogen) atoms. The molecular weight excluding hydrogens is 454 g/mol. The van der Waals surface area contributed by atoms with E-state index in [0.29, 0.717) is 17.8 Å². The van der Waals surface area contributed by atoms with Crippen molar-refractivity contribution in [2.24, 2.45) is 0 Å². The topological polar surface area (TPSA) is 87.7 Å². The highest BCUT2D eigenvalue weighted by Gasteiger charge is 2.34. The number of hydrogen-bond donors (Lipinski definition) is 2. The van der Waals surface area contributed by atoms with E-state index in [1.54, 1.807) is 32.6 Å². The molecule has 0 aliphatic rings. The van der Waals surface area contributed by atoms with Crippen LogP contribution in [0.5, 0.6) is 0 Å². The molecule has 0 aliphatic heterocycles. The van der Waals surface area contributed by atoms with Gasteiger partial charge in [-0.15, -0.1) is 0 Å². The summed E-state index contributed by atoms with van der Waals surface area (Å²) < 4.78 is 5.34. The second kappa shape index (κ2) is 13.7. The third kappa shape index (κ3) is 9.02. The molecule has 2 aromatic rings. The molecule has 0 saturated heterocycles. The number of unbranched alkanes of at least 4 members (excludes halogenated alkanes) is 3. The van der Waals surface area contributed by atoms with Crippen LogP contribution in [0.25, 0.3) is 0 Å². The molecule has 0 aromatic heterocycles. The fourth-order valence-corrected chi connectivity index (χ4v) is 3.89. The fraction of sp³-hybridized carbons (Fsp3) is 0.483. The maximum absolute atomic E-state index is 13.7. The smallest absolute Gasteiger partial charge is 0.408 e. The Bertz CT molecular complexity index is 1000. The molecule has 7 heteroatoms. The summed E-state index contributed by atoms with van der Waals surface area (Å²) in [4.78, 5) is 41.4. The maximum Gasteiger partial charge on any atom is 0.408 e. The molecule has 2 rings (SSSR count). The summed E-state index contributed by atoms with van der Waals surface area (Å²) in [5.41, 5.74) is 1.64. The zero-order valence-corrected chi connectivity index (χ0v) is 22.5. The quantitative estimate of drug-likeness (QED) is 0.375. The molecule has 0 spiro atoms. The monoisotopic (exact) mass is 495 g/mol. The van der Waals surface area contributed by atoms with Crippen molar-refractivity contribution >= 4 is 23.6 Å². The predicted octanol–water partition coefficient (Wildman–Crippen LogP) is 6.00. The van der Waals surface area contributed by atoms with Gasteiger partial charge < -0.3 is 20.3 Å². The van der Waals surface area contributed by atoms with Crippen molar-refractivity contribution in [3.8, 4) is 0 Å². The van der Waals surface area contributed by atoms with Gasteiger partial charge in [0.05, 0.1) is 0 Å². The lowest BCUT2D eigenvalue weighted by Gasteiger charge is -2.34. The molecule has 0 bridgehead atoms. The first-order chi connectivity index (χ1) is 17.0. The number of ether oxygens (including phenoxy) is 1. The molecule has 196 valence electrons. The number of para-hydroxylation sites is 1. The van der Waals surface area contributed by atoms with Crippen LogP contribution in [-0.4, -0.2) is 41.0 Å². The predicted molar refractivity (Wildman–Crippen MR) is 144 cm³/mol.